The van der Waals surface area contributed by atoms with E-state index in [1.165, 1.54) is 4.31 Å². The summed E-state index contributed by atoms with van der Waals surface area (Å²) in [5.74, 6) is 0.227. The zero-order valence-corrected chi connectivity index (χ0v) is 25.9. The Bertz CT molecular complexity index is 1380. The molecule has 1 unspecified atom stereocenters. The smallest absolute Gasteiger partial charge is 0.243 e. The second-order valence-corrected chi connectivity index (χ2v) is 12.4. The van der Waals surface area contributed by atoms with Gasteiger partial charge >= 0.3 is 0 Å². The predicted octanol–water partition coefficient (Wildman–Crippen LogP) is 5.11. The third-order valence-corrected chi connectivity index (χ3v) is 8.28. The van der Waals surface area contributed by atoms with Gasteiger partial charge in [-0.3, -0.25) is 13.9 Å². The zero-order valence-electron chi connectivity index (χ0n) is 25.1. The number of ether oxygens (including phenoxy) is 1. The van der Waals surface area contributed by atoms with Crippen LogP contribution in [0.4, 0.5) is 5.69 Å². The number of hydrogen-bond acceptors (Lipinski definition) is 5. The first kappa shape index (κ1) is 32.7. The molecule has 0 fully saturated rings. The molecule has 9 heteroatoms. The van der Waals surface area contributed by atoms with Crippen molar-refractivity contribution >= 4 is 27.5 Å². The minimum absolute atomic E-state index is 0.0849. The fourth-order valence-electron chi connectivity index (χ4n) is 4.70. The summed E-state index contributed by atoms with van der Waals surface area (Å²) in [5, 5.41) is 3.03. The number of benzene rings is 3. The number of methoxy groups -OCH3 is 1. The average Bonchev–Trinajstić information content (AvgIpc) is 2.98. The maximum atomic E-state index is 13.9. The van der Waals surface area contributed by atoms with E-state index in [0.29, 0.717) is 24.4 Å². The van der Waals surface area contributed by atoms with Crippen molar-refractivity contribution in [2.24, 2.45) is 0 Å². The Balaban J connectivity index is 1.85. The van der Waals surface area contributed by atoms with E-state index >= 15 is 0 Å². The van der Waals surface area contributed by atoms with Crippen LogP contribution in [0.3, 0.4) is 0 Å². The lowest BCUT2D eigenvalue weighted by molar-refractivity contribution is -0.141. The quantitative estimate of drug-likeness (QED) is 0.233. The highest BCUT2D eigenvalue weighted by atomic mass is 32.2. The van der Waals surface area contributed by atoms with E-state index in [4.69, 9.17) is 4.74 Å². The van der Waals surface area contributed by atoms with Gasteiger partial charge in [0.15, 0.2) is 0 Å². The number of sulfonamides is 1. The van der Waals surface area contributed by atoms with Crippen LogP contribution in [0.15, 0.2) is 78.9 Å². The SMILES string of the molecule is CCCCNC(=O)C(Cc1ccccc1)N(Cc1ccc(C)cc1)C(=O)CCCN(c1ccc(OC)cc1)S(C)(=O)=O. The Kier molecular flexibility index (Phi) is 12.4. The first-order valence-corrected chi connectivity index (χ1v) is 16.3. The summed E-state index contributed by atoms with van der Waals surface area (Å²) >= 11 is 0. The maximum absolute atomic E-state index is 13.9. The molecule has 0 saturated carbocycles. The first-order chi connectivity index (χ1) is 20.1. The molecular formula is C33H43N3O5S. The van der Waals surface area contributed by atoms with Crippen molar-refractivity contribution < 1.29 is 22.7 Å². The summed E-state index contributed by atoms with van der Waals surface area (Å²) in [7, 11) is -2.04. The molecule has 0 spiro atoms. The van der Waals surface area contributed by atoms with E-state index in [2.05, 4.69) is 12.2 Å². The van der Waals surface area contributed by atoms with Gasteiger partial charge in [0.1, 0.15) is 11.8 Å². The summed E-state index contributed by atoms with van der Waals surface area (Å²) in [6, 6.07) is 23.7. The van der Waals surface area contributed by atoms with E-state index in [0.717, 1.165) is 35.8 Å². The molecule has 3 aromatic rings. The molecule has 1 atom stereocenters. The van der Waals surface area contributed by atoms with Crippen LogP contribution in [-0.2, 0) is 32.6 Å². The normalized spacial score (nSPS) is 11.9. The second-order valence-electron chi connectivity index (χ2n) is 10.5. The molecule has 0 bridgehead atoms. The second kappa shape index (κ2) is 16.0. The highest BCUT2D eigenvalue weighted by Crippen LogP contribution is 2.23. The zero-order chi connectivity index (χ0) is 30.5. The molecule has 42 heavy (non-hydrogen) atoms. The van der Waals surface area contributed by atoms with Crippen molar-refractivity contribution in [1.29, 1.82) is 0 Å². The minimum atomic E-state index is -3.59. The van der Waals surface area contributed by atoms with Gasteiger partial charge in [0.25, 0.3) is 0 Å². The van der Waals surface area contributed by atoms with Gasteiger partial charge in [0.2, 0.25) is 21.8 Å². The number of hydrogen-bond donors (Lipinski definition) is 1. The van der Waals surface area contributed by atoms with Crippen LogP contribution >= 0.6 is 0 Å². The standard InChI is InChI=1S/C33H43N3O5S/c1-5-6-22-34-33(38)31(24-27-11-8-7-9-12-27)35(25-28-16-14-26(2)15-17-28)32(37)13-10-23-36(42(4,39)40)29-18-20-30(41-3)21-19-29/h7-9,11-12,14-21,31H,5-6,10,13,22-25H2,1-4H3,(H,34,38). The number of anilines is 1. The lowest BCUT2D eigenvalue weighted by Gasteiger charge is -2.32. The summed E-state index contributed by atoms with van der Waals surface area (Å²) in [6.45, 7) is 5.00. The number of nitrogens with zero attached hydrogens (tertiary/aromatic N) is 2. The maximum Gasteiger partial charge on any atom is 0.243 e. The van der Waals surface area contributed by atoms with Gasteiger partial charge in [-0.05, 0) is 55.2 Å². The van der Waals surface area contributed by atoms with Crippen LogP contribution in [0, 0.1) is 6.92 Å². The Morgan fingerprint density at radius 1 is 0.905 bits per heavy atom. The van der Waals surface area contributed by atoms with Crippen molar-refractivity contribution in [3.8, 4) is 5.75 Å². The van der Waals surface area contributed by atoms with Crippen LogP contribution in [0.2, 0.25) is 0 Å². The number of unbranched alkanes of at least 4 members (excludes halogenated alkanes) is 1. The van der Waals surface area contributed by atoms with E-state index in [9.17, 15) is 18.0 Å². The fourth-order valence-corrected chi connectivity index (χ4v) is 5.67. The summed E-state index contributed by atoms with van der Waals surface area (Å²) in [6.07, 6.45) is 3.69. The molecule has 1 N–H and O–H groups in total. The van der Waals surface area contributed by atoms with E-state index < -0.39 is 16.1 Å². The van der Waals surface area contributed by atoms with Gasteiger partial charge in [-0.15, -0.1) is 0 Å². The topological polar surface area (TPSA) is 96.0 Å². The molecule has 0 radical (unpaired) electrons. The van der Waals surface area contributed by atoms with Gasteiger partial charge in [-0.25, -0.2) is 8.42 Å². The molecular weight excluding hydrogens is 550 g/mol. The molecule has 226 valence electrons. The Morgan fingerprint density at radius 2 is 1.57 bits per heavy atom. The van der Waals surface area contributed by atoms with E-state index in [-0.39, 0.29) is 37.7 Å². The van der Waals surface area contributed by atoms with Crippen LogP contribution in [-0.4, -0.2) is 57.6 Å². The number of amides is 2. The lowest BCUT2D eigenvalue weighted by Crippen LogP contribution is -2.50. The molecule has 0 aliphatic carbocycles. The summed E-state index contributed by atoms with van der Waals surface area (Å²) in [5.41, 5.74) is 3.48. The molecule has 0 aliphatic heterocycles. The fraction of sp³-hybridized carbons (Fsp3) is 0.394. The number of aryl methyl sites for hydroxylation is 1. The molecule has 0 heterocycles. The summed E-state index contributed by atoms with van der Waals surface area (Å²) < 4.78 is 31.8. The highest BCUT2D eigenvalue weighted by Gasteiger charge is 2.30. The van der Waals surface area contributed by atoms with Crippen molar-refractivity contribution in [1.82, 2.24) is 10.2 Å². The Morgan fingerprint density at radius 3 is 2.17 bits per heavy atom. The number of nitrogens with one attached hydrogen (secondary N) is 1. The molecule has 0 aliphatic rings. The monoisotopic (exact) mass is 593 g/mol. The first-order valence-electron chi connectivity index (χ1n) is 14.4. The molecule has 3 aromatic carbocycles. The molecule has 0 aromatic heterocycles. The molecule has 3 rings (SSSR count). The van der Waals surface area contributed by atoms with Crippen LogP contribution in [0.25, 0.3) is 0 Å². The summed E-state index contributed by atoms with van der Waals surface area (Å²) in [4.78, 5) is 29.1. The third kappa shape index (κ3) is 9.91. The van der Waals surface area contributed by atoms with Gasteiger partial charge in [0.05, 0.1) is 19.1 Å². The van der Waals surface area contributed by atoms with Gasteiger partial charge in [0, 0.05) is 32.5 Å². The lowest BCUT2D eigenvalue weighted by atomic mass is 10.0. The van der Waals surface area contributed by atoms with E-state index in [1.807, 2.05) is 61.5 Å². The largest absolute Gasteiger partial charge is 0.497 e. The predicted molar refractivity (Wildman–Crippen MR) is 168 cm³/mol. The van der Waals surface area contributed by atoms with E-state index in [1.54, 1.807) is 36.3 Å². The number of carbonyl (C=O) groups excluding carboxylic acids is 2. The van der Waals surface area contributed by atoms with Crippen LogP contribution < -0.4 is 14.4 Å². The number of carbonyl (C=O) groups is 2. The molecule has 2 amide bonds. The van der Waals surface area contributed by atoms with Gasteiger partial charge in [-0.2, -0.15) is 0 Å². The van der Waals surface area contributed by atoms with Crippen molar-refractivity contribution in [3.63, 3.8) is 0 Å². The van der Waals surface area contributed by atoms with Crippen molar-refractivity contribution in [3.05, 3.63) is 95.6 Å². The molecule has 8 nitrogen and oxygen atoms in total. The Labute approximate surface area is 250 Å². The van der Waals surface area contributed by atoms with Crippen LogP contribution in [0.1, 0.15) is 49.3 Å². The van der Waals surface area contributed by atoms with Crippen molar-refractivity contribution in [2.45, 2.75) is 58.5 Å². The van der Waals surface area contributed by atoms with Gasteiger partial charge in [-0.1, -0.05) is 73.5 Å². The van der Waals surface area contributed by atoms with Crippen LogP contribution in [0.5, 0.6) is 5.75 Å². The third-order valence-electron chi connectivity index (χ3n) is 7.09. The minimum Gasteiger partial charge on any atom is -0.497 e. The Hall–Kier alpha value is -3.85. The average molecular weight is 594 g/mol. The number of rotatable bonds is 16. The van der Waals surface area contributed by atoms with Crippen molar-refractivity contribution in [2.75, 3.05) is 30.8 Å². The highest BCUT2D eigenvalue weighted by molar-refractivity contribution is 7.92. The van der Waals surface area contributed by atoms with Gasteiger partial charge < -0.3 is 15.0 Å². The molecule has 0 saturated heterocycles.